The molecule has 0 aromatic heterocycles. The van der Waals surface area contributed by atoms with Crippen molar-refractivity contribution in [1.82, 2.24) is 0 Å². The Labute approximate surface area is 356 Å². The summed E-state index contributed by atoms with van der Waals surface area (Å²) in [6.07, 6.45) is 29.5. The molecule has 12 nitrogen and oxygen atoms in total. The second-order valence-corrected chi connectivity index (χ2v) is 16.7. The molecular weight excluding hydrogens is 767 g/mol. The normalized spacial score (nSPS) is 38.0. The number of aliphatic hydroxyl groups excluding tert-OH is 2. The van der Waals surface area contributed by atoms with Crippen LogP contribution in [0.15, 0.2) is 102 Å². The summed E-state index contributed by atoms with van der Waals surface area (Å²) < 4.78 is 31.8. The van der Waals surface area contributed by atoms with E-state index in [-0.39, 0.29) is 60.8 Å². The Hall–Kier alpha value is -3.91. The summed E-state index contributed by atoms with van der Waals surface area (Å²) in [5, 5.41) is 35.5. The van der Waals surface area contributed by atoms with Crippen molar-refractivity contribution in [1.29, 1.82) is 0 Å². The number of fused-ring (bicyclic) bond motifs is 13. The average Bonchev–Trinajstić information content (AvgIpc) is 3.57. The molecule has 3 saturated heterocycles. The number of allylic oxidation sites excluding steroid dienone is 7. The largest absolute Gasteiger partial charge is 0.481 e. The molecule has 330 valence electrons. The number of unbranched alkanes of at least 4 members (excludes halogenated alkanes) is 1. The lowest BCUT2D eigenvalue weighted by Gasteiger charge is -2.38. The number of hydrogen-bond acceptors (Lipinski definition) is 11. The molecule has 12 heteroatoms. The minimum absolute atomic E-state index is 0.0534. The van der Waals surface area contributed by atoms with Gasteiger partial charge in [0.1, 0.15) is 31.5 Å². The van der Waals surface area contributed by atoms with E-state index in [1.807, 2.05) is 50.3 Å². The number of nitrogens with zero attached hydrogens (tertiary/aromatic N) is 1. The van der Waals surface area contributed by atoms with Crippen LogP contribution in [0.5, 0.6) is 0 Å². The molecule has 7 bridgehead atoms. The number of rotatable bonds is 8. The van der Waals surface area contributed by atoms with Crippen LogP contribution in [0.2, 0.25) is 0 Å². The van der Waals surface area contributed by atoms with E-state index in [1.54, 1.807) is 18.2 Å². The molecule has 0 radical (unpaired) electrons. The SMILES string of the molecule is CON=C1C[C@@H]2O[C@H](CC=C[C@@H]3O[C@@H]4C[C@H](O[C@@H]4C=C/C=C/C=CC(=O)O[C@H]4C=C[C@H](C/C=C/CCC=C[C@H](O)[C@H]2O)O[C@@H]4/C(C)=C/[C@@H](C)CCCCC(=O)O)[C@@H]3C)[C@@H]1C. The van der Waals surface area contributed by atoms with Crippen molar-refractivity contribution >= 4 is 17.7 Å². The van der Waals surface area contributed by atoms with Crippen molar-refractivity contribution in [2.45, 2.75) is 159 Å². The van der Waals surface area contributed by atoms with Gasteiger partial charge in [-0.25, -0.2) is 4.79 Å². The van der Waals surface area contributed by atoms with Gasteiger partial charge < -0.3 is 43.8 Å². The lowest BCUT2D eigenvalue weighted by Crippen LogP contribution is -2.48. The Balaban J connectivity index is 1.31. The summed E-state index contributed by atoms with van der Waals surface area (Å²) in [4.78, 5) is 29.1. The second-order valence-electron chi connectivity index (χ2n) is 16.7. The van der Waals surface area contributed by atoms with E-state index in [0.717, 1.165) is 37.0 Å². The number of carboxylic acid groups (broad SMARTS) is 1. The zero-order chi connectivity index (χ0) is 43.0. The third-order valence-electron chi connectivity index (χ3n) is 12.0. The van der Waals surface area contributed by atoms with Crippen LogP contribution in [-0.2, 0) is 38.1 Å². The molecule has 0 aliphatic carbocycles. The first-order valence-electron chi connectivity index (χ1n) is 21.8. The standard InChI is InChI=1S/C48H67NO11/c1-31(18-15-16-24-45(51)52)28-32(2)48-41-27-26-35(56-48)19-11-7-6-8-12-20-37(50)47(54)44-29-36(49-55-5)33(3)38(58-44)22-17-23-39-34(4)42-30-43(57-39)40(59-42)21-13-9-10-14-25-46(53)60-41/h7,9-14,17,20-21,23,25-28,31,33-35,37-44,47-48,50,54H,6,8,15-16,18-19,22,24,29-30H2,1-5H3,(H,51,52)/b10-9+,11-7+,20-12?,21-13?,23-17?,25-14?,32-28+,49-36?/t31-,33+,34+,35-,37-,38+,39-,40+,41-,42-,43+,44-,47+,48+/m0/s1. The van der Waals surface area contributed by atoms with E-state index in [0.29, 0.717) is 32.1 Å². The summed E-state index contributed by atoms with van der Waals surface area (Å²) in [6, 6.07) is 0. The number of carboxylic acids is 1. The first-order chi connectivity index (χ1) is 28.9. The summed E-state index contributed by atoms with van der Waals surface area (Å²) in [5.74, 6) is -0.989. The Morgan fingerprint density at radius 3 is 2.43 bits per heavy atom. The van der Waals surface area contributed by atoms with Crippen LogP contribution in [0.4, 0.5) is 0 Å². The number of aliphatic hydroxyl groups is 2. The third-order valence-corrected chi connectivity index (χ3v) is 12.0. The first kappa shape index (κ1) is 47.1. The number of carbonyl (C=O) groups excluding carboxylic acids is 1. The molecule has 0 aromatic carbocycles. The highest BCUT2D eigenvalue weighted by atomic mass is 16.6. The number of oxime groups is 1. The van der Waals surface area contributed by atoms with Gasteiger partial charge in [0.2, 0.25) is 0 Å². The number of esters is 1. The third kappa shape index (κ3) is 14.1. The monoisotopic (exact) mass is 833 g/mol. The van der Waals surface area contributed by atoms with Crippen molar-refractivity contribution in [3.05, 3.63) is 96.7 Å². The van der Waals surface area contributed by atoms with Crippen LogP contribution in [0.1, 0.15) is 91.9 Å². The molecule has 0 unspecified atom stereocenters. The highest BCUT2D eigenvalue weighted by Gasteiger charge is 2.45. The minimum Gasteiger partial charge on any atom is -0.481 e. The fraction of sp³-hybridized carbons (Fsp3) is 0.604. The summed E-state index contributed by atoms with van der Waals surface area (Å²) >= 11 is 0. The maximum Gasteiger partial charge on any atom is 0.331 e. The Kier molecular flexibility index (Phi) is 18.8. The topological polar surface area (TPSA) is 163 Å². The van der Waals surface area contributed by atoms with E-state index in [4.69, 9.17) is 33.6 Å². The maximum absolute atomic E-state index is 13.0. The van der Waals surface area contributed by atoms with Crippen LogP contribution < -0.4 is 0 Å². The molecule has 3 N–H and O–H groups in total. The molecule has 6 aliphatic heterocycles. The lowest BCUT2D eigenvalue weighted by molar-refractivity contribution is -0.148. The molecule has 6 aliphatic rings. The molecule has 0 spiro atoms. The minimum atomic E-state index is -1.16. The van der Waals surface area contributed by atoms with Gasteiger partial charge >= 0.3 is 11.9 Å². The van der Waals surface area contributed by atoms with E-state index >= 15 is 0 Å². The van der Waals surface area contributed by atoms with Crippen LogP contribution in [0, 0.1) is 17.8 Å². The molecule has 0 amide bonds. The van der Waals surface area contributed by atoms with Crippen molar-refractivity contribution in [3.8, 4) is 0 Å². The molecule has 60 heavy (non-hydrogen) atoms. The fourth-order valence-corrected chi connectivity index (χ4v) is 8.49. The molecule has 0 aromatic rings. The predicted molar refractivity (Wildman–Crippen MR) is 230 cm³/mol. The molecule has 6 heterocycles. The van der Waals surface area contributed by atoms with E-state index < -0.39 is 42.5 Å². The smallest absolute Gasteiger partial charge is 0.331 e. The van der Waals surface area contributed by atoms with Crippen molar-refractivity contribution < 1.29 is 53.4 Å². The average molecular weight is 834 g/mol. The zero-order valence-corrected chi connectivity index (χ0v) is 35.9. The van der Waals surface area contributed by atoms with Gasteiger partial charge in [0, 0.05) is 37.2 Å². The van der Waals surface area contributed by atoms with Crippen molar-refractivity contribution in [2.24, 2.45) is 22.9 Å². The van der Waals surface area contributed by atoms with Crippen LogP contribution in [0.3, 0.4) is 0 Å². The van der Waals surface area contributed by atoms with Gasteiger partial charge in [-0.3, -0.25) is 4.79 Å². The predicted octanol–water partition coefficient (Wildman–Crippen LogP) is 7.44. The number of ether oxygens (including phenoxy) is 5. The number of carbonyl (C=O) groups is 2. The van der Waals surface area contributed by atoms with E-state index in [9.17, 15) is 19.8 Å². The van der Waals surface area contributed by atoms with E-state index in [1.165, 1.54) is 13.2 Å². The van der Waals surface area contributed by atoms with Gasteiger partial charge in [-0.1, -0.05) is 111 Å². The quantitative estimate of drug-likeness (QED) is 0.0965. The van der Waals surface area contributed by atoms with Gasteiger partial charge in [0.15, 0.2) is 6.10 Å². The van der Waals surface area contributed by atoms with Gasteiger partial charge in [-0.05, 0) is 63.0 Å². The first-order valence-corrected chi connectivity index (χ1v) is 21.8. The maximum atomic E-state index is 13.0. The van der Waals surface area contributed by atoms with Crippen LogP contribution >= 0.6 is 0 Å². The Morgan fingerprint density at radius 2 is 1.63 bits per heavy atom. The van der Waals surface area contributed by atoms with Gasteiger partial charge in [-0.15, -0.1) is 0 Å². The van der Waals surface area contributed by atoms with Gasteiger partial charge in [0.25, 0.3) is 0 Å². The Bertz CT molecular complexity index is 1670. The highest BCUT2D eigenvalue weighted by molar-refractivity contribution is 5.87. The number of aliphatic carboxylic acids is 1. The zero-order valence-electron chi connectivity index (χ0n) is 35.9. The second kappa shape index (κ2) is 23.9. The lowest BCUT2D eigenvalue weighted by atomic mass is 9.86. The summed E-state index contributed by atoms with van der Waals surface area (Å²) in [6.45, 7) is 8.26. The van der Waals surface area contributed by atoms with Gasteiger partial charge in [0.05, 0.1) is 42.3 Å². The van der Waals surface area contributed by atoms with E-state index in [2.05, 4.69) is 49.4 Å². The fourth-order valence-electron chi connectivity index (χ4n) is 8.49. The Morgan fingerprint density at radius 1 is 0.850 bits per heavy atom. The molecule has 0 saturated carbocycles. The molecular formula is C48H67NO11. The summed E-state index contributed by atoms with van der Waals surface area (Å²) in [5.41, 5.74) is 1.73. The van der Waals surface area contributed by atoms with Gasteiger partial charge in [-0.2, -0.15) is 0 Å². The van der Waals surface area contributed by atoms with Crippen LogP contribution in [0.25, 0.3) is 0 Å². The van der Waals surface area contributed by atoms with Crippen molar-refractivity contribution in [3.63, 3.8) is 0 Å². The molecule has 6 rings (SSSR count). The highest BCUT2D eigenvalue weighted by Crippen LogP contribution is 2.38. The number of hydrogen-bond donors (Lipinski definition) is 3. The van der Waals surface area contributed by atoms with Crippen LogP contribution in [-0.4, -0.2) is 107 Å². The molecule has 3 fully saturated rings. The summed E-state index contributed by atoms with van der Waals surface area (Å²) in [7, 11) is 1.51. The molecule has 14 atom stereocenters. The van der Waals surface area contributed by atoms with Crippen molar-refractivity contribution in [2.75, 3.05) is 7.11 Å².